The molecular weight excluding hydrogens is 316 g/mol. The molecule has 0 bridgehead atoms. The lowest BCUT2D eigenvalue weighted by Crippen LogP contribution is -2.29. The summed E-state index contributed by atoms with van der Waals surface area (Å²) in [6.07, 6.45) is 0.694. The SMILES string of the molecule is Cc1ccccc1-c1cc(=O)oc2nc(N3CC[C@@](C)(O)C3)ccc12. The van der Waals surface area contributed by atoms with E-state index < -0.39 is 11.2 Å². The first kappa shape index (κ1) is 15.8. The fraction of sp³-hybridized carbons (Fsp3) is 0.300. The fourth-order valence-electron chi connectivity index (χ4n) is 3.45. The summed E-state index contributed by atoms with van der Waals surface area (Å²) in [6, 6.07) is 13.3. The van der Waals surface area contributed by atoms with Crippen molar-refractivity contribution in [3.05, 3.63) is 58.4 Å². The summed E-state index contributed by atoms with van der Waals surface area (Å²) in [5.41, 5.74) is 2.13. The number of benzene rings is 1. The van der Waals surface area contributed by atoms with E-state index in [9.17, 15) is 9.90 Å². The van der Waals surface area contributed by atoms with Crippen LogP contribution in [0.15, 0.2) is 51.7 Å². The maximum atomic E-state index is 12.1. The van der Waals surface area contributed by atoms with Crippen molar-refractivity contribution in [3.8, 4) is 11.1 Å². The summed E-state index contributed by atoms with van der Waals surface area (Å²) in [7, 11) is 0. The molecule has 5 nitrogen and oxygen atoms in total. The number of aromatic nitrogens is 1. The monoisotopic (exact) mass is 336 g/mol. The number of rotatable bonds is 2. The Morgan fingerprint density at radius 3 is 2.72 bits per heavy atom. The summed E-state index contributed by atoms with van der Waals surface area (Å²) >= 11 is 0. The Hall–Kier alpha value is -2.66. The standard InChI is InChI=1S/C20H20N2O3/c1-13-5-3-4-6-14(13)16-11-18(23)25-19-15(16)7-8-17(21-19)22-10-9-20(2,24)12-22/h3-8,11,24H,9-10,12H2,1-2H3/t20-/m1/s1. The van der Waals surface area contributed by atoms with Gasteiger partial charge in [-0.2, -0.15) is 4.98 Å². The summed E-state index contributed by atoms with van der Waals surface area (Å²) in [6.45, 7) is 5.09. The molecule has 1 aliphatic rings. The quantitative estimate of drug-likeness (QED) is 0.779. The second-order valence-electron chi connectivity index (χ2n) is 6.98. The highest BCUT2D eigenvalue weighted by Crippen LogP contribution is 2.31. The Morgan fingerprint density at radius 2 is 2.00 bits per heavy atom. The molecule has 2 aromatic heterocycles. The number of fused-ring (bicyclic) bond motifs is 1. The second-order valence-corrected chi connectivity index (χ2v) is 6.98. The van der Waals surface area contributed by atoms with Gasteiger partial charge in [0, 0.05) is 30.1 Å². The van der Waals surface area contributed by atoms with Gasteiger partial charge in [-0.3, -0.25) is 0 Å². The van der Waals surface area contributed by atoms with Crippen molar-refractivity contribution in [1.82, 2.24) is 4.98 Å². The Balaban J connectivity index is 1.85. The van der Waals surface area contributed by atoms with Crippen LogP contribution in [0.4, 0.5) is 5.82 Å². The highest BCUT2D eigenvalue weighted by Gasteiger charge is 2.32. The van der Waals surface area contributed by atoms with Crippen LogP contribution in [-0.4, -0.2) is 28.8 Å². The van der Waals surface area contributed by atoms with E-state index in [-0.39, 0.29) is 0 Å². The first-order chi connectivity index (χ1) is 11.9. The minimum absolute atomic E-state index is 0.329. The second kappa shape index (κ2) is 5.70. The van der Waals surface area contributed by atoms with Gasteiger partial charge in [0.25, 0.3) is 0 Å². The summed E-state index contributed by atoms with van der Waals surface area (Å²) in [5.74, 6) is 0.718. The van der Waals surface area contributed by atoms with Crippen LogP contribution in [0.5, 0.6) is 0 Å². The van der Waals surface area contributed by atoms with Gasteiger partial charge in [-0.15, -0.1) is 0 Å². The highest BCUT2D eigenvalue weighted by molar-refractivity contribution is 5.92. The van der Waals surface area contributed by atoms with Gasteiger partial charge < -0.3 is 14.4 Å². The van der Waals surface area contributed by atoms with Gasteiger partial charge in [0.15, 0.2) is 0 Å². The number of anilines is 1. The molecule has 1 saturated heterocycles. The van der Waals surface area contributed by atoms with Crippen molar-refractivity contribution in [2.24, 2.45) is 0 Å². The molecule has 1 aliphatic heterocycles. The number of β-amino-alcohol motifs (C(OH)–C–C–N with tert-alkyl or cyclic N) is 1. The van der Waals surface area contributed by atoms with Crippen LogP contribution in [-0.2, 0) is 0 Å². The lowest BCUT2D eigenvalue weighted by Gasteiger charge is -2.20. The third kappa shape index (κ3) is 2.91. The number of aryl methyl sites for hydroxylation is 1. The number of aliphatic hydroxyl groups is 1. The molecule has 25 heavy (non-hydrogen) atoms. The molecule has 128 valence electrons. The minimum atomic E-state index is -0.708. The van der Waals surface area contributed by atoms with E-state index in [0.717, 1.165) is 34.4 Å². The molecule has 3 aromatic rings. The van der Waals surface area contributed by atoms with Gasteiger partial charge in [0.1, 0.15) is 5.82 Å². The number of nitrogens with zero attached hydrogens (tertiary/aromatic N) is 2. The fourth-order valence-corrected chi connectivity index (χ4v) is 3.45. The van der Waals surface area contributed by atoms with E-state index in [1.54, 1.807) is 0 Å². The molecule has 0 amide bonds. The molecule has 1 aromatic carbocycles. The normalized spacial score (nSPS) is 20.4. The Labute approximate surface area is 145 Å². The van der Waals surface area contributed by atoms with Crippen molar-refractivity contribution in [2.75, 3.05) is 18.0 Å². The predicted molar refractivity (Wildman–Crippen MR) is 97.9 cm³/mol. The average Bonchev–Trinajstić information content (AvgIpc) is 2.94. The molecule has 1 fully saturated rings. The van der Waals surface area contributed by atoms with E-state index >= 15 is 0 Å². The van der Waals surface area contributed by atoms with E-state index in [0.29, 0.717) is 18.7 Å². The molecule has 5 heteroatoms. The number of pyridine rings is 1. The average molecular weight is 336 g/mol. The van der Waals surface area contributed by atoms with Gasteiger partial charge in [-0.05, 0) is 43.5 Å². The smallest absolute Gasteiger partial charge is 0.338 e. The Bertz CT molecular complexity index is 1010. The third-order valence-corrected chi connectivity index (χ3v) is 4.81. The molecule has 3 heterocycles. The van der Waals surface area contributed by atoms with Crippen molar-refractivity contribution in [2.45, 2.75) is 25.9 Å². The van der Waals surface area contributed by atoms with Crippen LogP contribution in [0.1, 0.15) is 18.9 Å². The van der Waals surface area contributed by atoms with E-state index in [4.69, 9.17) is 4.42 Å². The lowest BCUT2D eigenvalue weighted by molar-refractivity contribution is 0.0839. The summed E-state index contributed by atoms with van der Waals surface area (Å²) in [5, 5.41) is 11.0. The highest BCUT2D eigenvalue weighted by atomic mass is 16.4. The van der Waals surface area contributed by atoms with Crippen molar-refractivity contribution in [1.29, 1.82) is 0 Å². The van der Waals surface area contributed by atoms with Crippen LogP contribution in [0.2, 0.25) is 0 Å². The van der Waals surface area contributed by atoms with Gasteiger partial charge in [-0.1, -0.05) is 24.3 Å². The van der Waals surface area contributed by atoms with Crippen LogP contribution in [0, 0.1) is 6.92 Å². The van der Waals surface area contributed by atoms with Gasteiger partial charge in [0.05, 0.1) is 5.60 Å². The van der Waals surface area contributed by atoms with E-state index in [1.807, 2.05) is 55.1 Å². The lowest BCUT2D eigenvalue weighted by atomic mass is 9.99. The van der Waals surface area contributed by atoms with Crippen LogP contribution in [0.3, 0.4) is 0 Å². The molecule has 0 spiro atoms. The largest absolute Gasteiger partial charge is 0.404 e. The van der Waals surface area contributed by atoms with Gasteiger partial charge >= 0.3 is 5.63 Å². The number of hydrogen-bond donors (Lipinski definition) is 1. The molecule has 0 aliphatic carbocycles. The zero-order valence-electron chi connectivity index (χ0n) is 14.3. The first-order valence-corrected chi connectivity index (χ1v) is 8.41. The molecule has 0 radical (unpaired) electrons. The van der Waals surface area contributed by atoms with Crippen LogP contribution in [0.25, 0.3) is 22.2 Å². The van der Waals surface area contributed by atoms with E-state index in [2.05, 4.69) is 4.98 Å². The maximum absolute atomic E-state index is 12.1. The predicted octanol–water partition coefficient (Wildman–Crippen LogP) is 3.12. The zero-order chi connectivity index (χ0) is 17.6. The molecule has 1 atom stereocenters. The third-order valence-electron chi connectivity index (χ3n) is 4.81. The topological polar surface area (TPSA) is 66.6 Å². The zero-order valence-corrected chi connectivity index (χ0v) is 14.3. The van der Waals surface area contributed by atoms with Crippen LogP contribution < -0.4 is 10.5 Å². The maximum Gasteiger partial charge on any atom is 0.338 e. The summed E-state index contributed by atoms with van der Waals surface area (Å²) < 4.78 is 5.36. The summed E-state index contributed by atoms with van der Waals surface area (Å²) in [4.78, 5) is 18.6. The van der Waals surface area contributed by atoms with E-state index in [1.165, 1.54) is 6.07 Å². The molecule has 0 saturated carbocycles. The van der Waals surface area contributed by atoms with Gasteiger partial charge in [0.2, 0.25) is 5.71 Å². The van der Waals surface area contributed by atoms with Gasteiger partial charge in [-0.25, -0.2) is 4.79 Å². The van der Waals surface area contributed by atoms with Crippen LogP contribution >= 0.6 is 0 Å². The Morgan fingerprint density at radius 1 is 1.20 bits per heavy atom. The number of hydrogen-bond acceptors (Lipinski definition) is 5. The molecule has 4 rings (SSSR count). The molecule has 0 unspecified atom stereocenters. The van der Waals surface area contributed by atoms with Crippen molar-refractivity contribution in [3.63, 3.8) is 0 Å². The van der Waals surface area contributed by atoms with Crippen molar-refractivity contribution < 1.29 is 9.52 Å². The molecular formula is C20H20N2O3. The Kier molecular flexibility index (Phi) is 3.62. The first-order valence-electron chi connectivity index (χ1n) is 8.41. The molecule has 1 N–H and O–H groups in total. The van der Waals surface area contributed by atoms with Crippen molar-refractivity contribution >= 4 is 16.9 Å². The minimum Gasteiger partial charge on any atom is -0.404 e.